The molecule has 30 heavy (non-hydrogen) atoms. The van der Waals surface area contributed by atoms with Crippen LogP contribution in [0.25, 0.3) is 0 Å². The van der Waals surface area contributed by atoms with Gasteiger partial charge in [-0.05, 0) is 30.0 Å². The zero-order valence-electron chi connectivity index (χ0n) is 17.9. The van der Waals surface area contributed by atoms with E-state index in [1.165, 1.54) is 11.1 Å². The summed E-state index contributed by atoms with van der Waals surface area (Å²) in [4.78, 5) is 16.7. The van der Waals surface area contributed by atoms with Crippen molar-refractivity contribution in [1.82, 2.24) is 10.6 Å². The molecule has 0 fully saturated rings. The van der Waals surface area contributed by atoms with E-state index in [4.69, 9.17) is 9.73 Å². The Labute approximate surface area is 179 Å². The number of carbonyl (C=O) groups excluding carboxylic acids is 1. The van der Waals surface area contributed by atoms with Crippen molar-refractivity contribution in [2.24, 2.45) is 10.9 Å². The number of hydrogen-bond donors (Lipinski definition) is 3. The van der Waals surface area contributed by atoms with Crippen molar-refractivity contribution >= 4 is 17.6 Å². The molecule has 0 aliphatic carbocycles. The lowest BCUT2D eigenvalue weighted by atomic mass is 9.90. The summed E-state index contributed by atoms with van der Waals surface area (Å²) in [6, 6.07) is 18.2. The Hall–Kier alpha value is -2.86. The van der Waals surface area contributed by atoms with Crippen molar-refractivity contribution in [3.63, 3.8) is 0 Å². The lowest BCUT2D eigenvalue weighted by Crippen LogP contribution is -2.41. The molecule has 1 aliphatic rings. The molecule has 1 amide bonds. The normalized spacial score (nSPS) is 17.1. The number of ether oxygens (including phenoxy) is 1. The summed E-state index contributed by atoms with van der Waals surface area (Å²) >= 11 is 0. The molecule has 1 heterocycles. The predicted octanol–water partition coefficient (Wildman–Crippen LogP) is 3.52. The summed E-state index contributed by atoms with van der Waals surface area (Å²) in [5.74, 6) is 1.28. The highest BCUT2D eigenvalue weighted by atomic mass is 16.5. The smallest absolute Gasteiger partial charge is 0.225 e. The van der Waals surface area contributed by atoms with Crippen molar-refractivity contribution in [2.45, 2.75) is 32.8 Å². The van der Waals surface area contributed by atoms with E-state index in [0.29, 0.717) is 38.6 Å². The fraction of sp³-hybridized carbons (Fsp3) is 0.417. The molecule has 3 rings (SSSR count). The maximum Gasteiger partial charge on any atom is 0.225 e. The highest BCUT2D eigenvalue weighted by Crippen LogP contribution is 2.31. The molecule has 1 aliphatic heterocycles. The van der Waals surface area contributed by atoms with Crippen LogP contribution in [-0.2, 0) is 16.1 Å². The second kappa shape index (κ2) is 11.4. The molecule has 0 saturated carbocycles. The van der Waals surface area contributed by atoms with E-state index in [-0.39, 0.29) is 11.8 Å². The molecule has 6 heteroatoms. The molecule has 0 saturated heterocycles. The number of amides is 1. The fourth-order valence-corrected chi connectivity index (χ4v) is 3.50. The van der Waals surface area contributed by atoms with Gasteiger partial charge in [0.2, 0.25) is 5.91 Å². The van der Waals surface area contributed by atoms with Gasteiger partial charge in [0, 0.05) is 37.7 Å². The van der Waals surface area contributed by atoms with Crippen molar-refractivity contribution in [1.29, 1.82) is 0 Å². The minimum absolute atomic E-state index is 0.0617. The molecular weight excluding hydrogens is 376 g/mol. The first-order valence-corrected chi connectivity index (χ1v) is 10.7. The molecular formula is C24H32N4O2. The van der Waals surface area contributed by atoms with Crippen molar-refractivity contribution < 1.29 is 9.53 Å². The van der Waals surface area contributed by atoms with E-state index in [9.17, 15) is 4.79 Å². The quantitative estimate of drug-likeness (QED) is 0.438. The number of anilines is 1. The Kier molecular flexibility index (Phi) is 8.27. The predicted molar refractivity (Wildman–Crippen MR) is 122 cm³/mol. The van der Waals surface area contributed by atoms with Gasteiger partial charge in [-0.2, -0.15) is 0 Å². The molecule has 0 bridgehead atoms. The highest BCUT2D eigenvalue weighted by molar-refractivity contribution is 5.94. The van der Waals surface area contributed by atoms with Crippen LogP contribution in [0.5, 0.6) is 0 Å². The maximum absolute atomic E-state index is 12.0. The number of nitrogens with zero attached hydrogens (tertiary/aromatic N) is 1. The minimum Gasteiger partial charge on any atom is -0.376 e. The first-order valence-electron chi connectivity index (χ1n) is 10.7. The summed E-state index contributed by atoms with van der Waals surface area (Å²) in [5.41, 5.74) is 3.26. The van der Waals surface area contributed by atoms with Crippen LogP contribution in [0, 0.1) is 5.92 Å². The molecule has 2 unspecified atom stereocenters. The molecule has 2 atom stereocenters. The van der Waals surface area contributed by atoms with E-state index in [1.54, 1.807) is 0 Å². The second-order valence-corrected chi connectivity index (χ2v) is 7.74. The lowest BCUT2D eigenvalue weighted by Gasteiger charge is -2.26. The van der Waals surface area contributed by atoms with Crippen LogP contribution in [0.4, 0.5) is 5.69 Å². The largest absolute Gasteiger partial charge is 0.376 e. The van der Waals surface area contributed by atoms with Gasteiger partial charge in [0.15, 0.2) is 5.96 Å². The van der Waals surface area contributed by atoms with Crippen molar-refractivity contribution in [3.8, 4) is 0 Å². The number of aliphatic imine (C=N–C) groups is 1. The van der Waals surface area contributed by atoms with Gasteiger partial charge in [0.05, 0.1) is 13.2 Å². The van der Waals surface area contributed by atoms with E-state index < -0.39 is 0 Å². The summed E-state index contributed by atoms with van der Waals surface area (Å²) < 4.78 is 5.83. The van der Waals surface area contributed by atoms with Crippen LogP contribution in [0.15, 0.2) is 59.6 Å². The second-order valence-electron chi connectivity index (χ2n) is 7.74. The summed E-state index contributed by atoms with van der Waals surface area (Å²) in [5, 5.41) is 9.65. The number of fused-ring (bicyclic) bond motifs is 1. The van der Waals surface area contributed by atoms with Gasteiger partial charge in [-0.25, -0.2) is 0 Å². The number of benzene rings is 2. The Balaban J connectivity index is 1.49. The maximum atomic E-state index is 12.0. The van der Waals surface area contributed by atoms with E-state index >= 15 is 0 Å². The van der Waals surface area contributed by atoms with Crippen LogP contribution < -0.4 is 16.0 Å². The average Bonchev–Trinajstić information content (AvgIpc) is 2.76. The number of rotatable bonds is 9. The first-order chi connectivity index (χ1) is 14.7. The van der Waals surface area contributed by atoms with Gasteiger partial charge in [-0.3, -0.25) is 9.79 Å². The van der Waals surface area contributed by atoms with E-state index in [1.807, 2.05) is 43.3 Å². The Morgan fingerprint density at radius 1 is 1.17 bits per heavy atom. The van der Waals surface area contributed by atoms with Gasteiger partial charge < -0.3 is 20.7 Å². The Morgan fingerprint density at radius 3 is 2.73 bits per heavy atom. The third kappa shape index (κ3) is 6.59. The third-order valence-corrected chi connectivity index (χ3v) is 5.04. The van der Waals surface area contributed by atoms with Gasteiger partial charge in [-0.1, -0.05) is 55.5 Å². The zero-order chi connectivity index (χ0) is 21.2. The van der Waals surface area contributed by atoms with Crippen LogP contribution in [0.3, 0.4) is 0 Å². The van der Waals surface area contributed by atoms with E-state index in [0.717, 1.165) is 18.2 Å². The molecule has 0 spiro atoms. The summed E-state index contributed by atoms with van der Waals surface area (Å²) in [7, 11) is 0. The Bertz CT molecular complexity index is 838. The molecule has 2 aromatic rings. The minimum atomic E-state index is 0.0617. The molecule has 0 radical (unpaired) electrons. The molecule has 6 nitrogen and oxygen atoms in total. The number of guanidine groups is 1. The lowest BCUT2D eigenvalue weighted by molar-refractivity contribution is -0.116. The van der Waals surface area contributed by atoms with Crippen molar-refractivity contribution in [2.75, 3.05) is 31.6 Å². The molecule has 0 aromatic heterocycles. The number of hydrogen-bond acceptors (Lipinski definition) is 3. The summed E-state index contributed by atoms with van der Waals surface area (Å²) in [6.07, 6.45) is 0.479. The topological polar surface area (TPSA) is 74.8 Å². The average molecular weight is 409 g/mol. The number of nitrogens with one attached hydrogen (secondary N) is 3. The van der Waals surface area contributed by atoms with Crippen molar-refractivity contribution in [3.05, 3.63) is 65.7 Å². The molecule has 160 valence electrons. The first kappa shape index (κ1) is 21.8. The molecule has 2 aromatic carbocycles. The molecule has 3 N–H and O–H groups in total. The highest BCUT2D eigenvalue weighted by Gasteiger charge is 2.24. The SMILES string of the molecule is CCNC(=NCC(C)COCc1ccccc1)NCC1CC(=O)Nc2ccccc21. The number of para-hydroxylation sites is 1. The monoisotopic (exact) mass is 408 g/mol. The van der Waals surface area contributed by atoms with Gasteiger partial charge >= 0.3 is 0 Å². The van der Waals surface area contributed by atoms with Crippen LogP contribution in [-0.4, -0.2) is 38.1 Å². The van der Waals surface area contributed by atoms with Crippen LogP contribution >= 0.6 is 0 Å². The van der Waals surface area contributed by atoms with E-state index in [2.05, 4.69) is 41.1 Å². The fourth-order valence-electron chi connectivity index (χ4n) is 3.50. The van der Waals surface area contributed by atoms with Crippen LogP contribution in [0.2, 0.25) is 0 Å². The summed E-state index contributed by atoms with van der Waals surface area (Å²) in [6.45, 7) is 7.59. The van der Waals surface area contributed by atoms with Gasteiger partial charge in [-0.15, -0.1) is 0 Å². The number of carbonyl (C=O) groups is 1. The van der Waals surface area contributed by atoms with Crippen LogP contribution in [0.1, 0.15) is 37.3 Å². The standard InChI is InChI=1S/C24H32N4O2/c1-3-25-24(26-14-18(2)16-30-17-19-9-5-4-6-10-19)27-15-20-13-23(29)28-22-12-8-7-11-21(20)22/h4-12,18,20H,3,13-17H2,1-2H3,(H,28,29)(H2,25,26,27). The van der Waals surface area contributed by atoms with Gasteiger partial charge in [0.25, 0.3) is 0 Å². The zero-order valence-corrected chi connectivity index (χ0v) is 17.9. The third-order valence-electron chi connectivity index (χ3n) is 5.04. The Morgan fingerprint density at radius 2 is 1.93 bits per heavy atom. The van der Waals surface area contributed by atoms with Gasteiger partial charge in [0.1, 0.15) is 0 Å².